The van der Waals surface area contributed by atoms with Gasteiger partial charge in [0.05, 0.1) is 6.61 Å². The molecule has 0 radical (unpaired) electrons. The van der Waals surface area contributed by atoms with Crippen molar-refractivity contribution in [2.24, 2.45) is 0 Å². The molecule has 1 N–H and O–H groups in total. The molecule has 0 aliphatic carbocycles. The Labute approximate surface area is 102 Å². The van der Waals surface area contributed by atoms with Crippen molar-refractivity contribution in [2.75, 3.05) is 26.4 Å². The topological polar surface area (TPSA) is 59.0 Å². The van der Waals surface area contributed by atoms with E-state index in [-0.39, 0.29) is 24.3 Å². The van der Waals surface area contributed by atoms with Crippen LogP contribution in [0, 0.1) is 0 Å². The molecule has 1 aliphatic rings. The normalized spacial score (nSPS) is 14.9. The first-order chi connectivity index (χ1) is 8.24. The van der Waals surface area contributed by atoms with E-state index in [1.54, 1.807) is 4.90 Å². The van der Waals surface area contributed by atoms with E-state index >= 15 is 0 Å². The quantitative estimate of drug-likeness (QED) is 0.752. The van der Waals surface area contributed by atoms with Gasteiger partial charge < -0.3 is 19.5 Å². The van der Waals surface area contributed by atoms with Crippen molar-refractivity contribution in [3.8, 4) is 0 Å². The highest BCUT2D eigenvalue weighted by atomic mass is 16.6. The number of ether oxygens (including phenoxy) is 2. The molecule has 1 amide bonds. The summed E-state index contributed by atoms with van der Waals surface area (Å²) in [7, 11) is 0. The highest BCUT2D eigenvalue weighted by Crippen LogP contribution is 2.15. The van der Waals surface area contributed by atoms with Crippen LogP contribution >= 0.6 is 0 Å². The molecule has 0 aromatic heterocycles. The summed E-state index contributed by atoms with van der Waals surface area (Å²) in [5.41, 5.74) is 0. The first-order valence-electron chi connectivity index (χ1n) is 6.10. The van der Waals surface area contributed by atoms with E-state index in [1.807, 2.05) is 13.8 Å². The Bertz CT molecular complexity index is 274. The van der Waals surface area contributed by atoms with Crippen LogP contribution in [0.4, 0.5) is 0 Å². The third-order valence-corrected chi connectivity index (χ3v) is 2.84. The summed E-state index contributed by atoms with van der Waals surface area (Å²) in [6.45, 7) is 5.20. The zero-order valence-electron chi connectivity index (χ0n) is 10.5. The van der Waals surface area contributed by atoms with Gasteiger partial charge in [-0.3, -0.25) is 4.79 Å². The van der Waals surface area contributed by atoms with Crippen molar-refractivity contribution in [1.29, 1.82) is 0 Å². The maximum atomic E-state index is 12.2. The minimum Gasteiger partial charge on any atom is -0.494 e. The standard InChI is InChI=1S/C12H21NO4/c1-3-10(4-2)13(5-6-14)12(15)11-9-16-7-8-17-11/h9-10,14H,3-8H2,1-2H3. The minimum atomic E-state index is -0.201. The molecule has 98 valence electrons. The van der Waals surface area contributed by atoms with Crippen LogP contribution in [0.25, 0.3) is 0 Å². The Morgan fingerprint density at radius 3 is 2.65 bits per heavy atom. The number of carbonyl (C=O) groups excluding carboxylic acids is 1. The molecule has 5 nitrogen and oxygen atoms in total. The third-order valence-electron chi connectivity index (χ3n) is 2.84. The van der Waals surface area contributed by atoms with Crippen molar-refractivity contribution in [1.82, 2.24) is 4.90 Å². The Balaban J connectivity index is 2.74. The van der Waals surface area contributed by atoms with Gasteiger partial charge in [0.1, 0.15) is 19.5 Å². The molecular formula is C12H21NO4. The van der Waals surface area contributed by atoms with Gasteiger partial charge in [-0.05, 0) is 12.8 Å². The molecule has 0 fully saturated rings. The van der Waals surface area contributed by atoms with Crippen LogP contribution in [0.2, 0.25) is 0 Å². The summed E-state index contributed by atoms with van der Waals surface area (Å²) in [5.74, 6) is 0.0315. The number of nitrogens with zero attached hydrogens (tertiary/aromatic N) is 1. The molecule has 1 heterocycles. The number of rotatable bonds is 6. The molecule has 1 aliphatic heterocycles. The second-order valence-corrected chi connectivity index (χ2v) is 3.89. The average molecular weight is 243 g/mol. The molecule has 1 rings (SSSR count). The minimum absolute atomic E-state index is 0.0453. The summed E-state index contributed by atoms with van der Waals surface area (Å²) < 4.78 is 10.4. The van der Waals surface area contributed by atoms with Crippen LogP contribution in [0.3, 0.4) is 0 Å². The maximum Gasteiger partial charge on any atom is 0.292 e. The lowest BCUT2D eigenvalue weighted by Gasteiger charge is -2.31. The fraction of sp³-hybridized carbons (Fsp3) is 0.750. The lowest BCUT2D eigenvalue weighted by molar-refractivity contribution is -0.135. The van der Waals surface area contributed by atoms with Gasteiger partial charge in [-0.2, -0.15) is 0 Å². The Hall–Kier alpha value is -1.23. The summed E-state index contributed by atoms with van der Waals surface area (Å²) >= 11 is 0. The molecule has 0 aromatic carbocycles. The fourth-order valence-electron chi connectivity index (χ4n) is 1.91. The van der Waals surface area contributed by atoms with Crippen LogP contribution in [0.1, 0.15) is 26.7 Å². The van der Waals surface area contributed by atoms with Crippen molar-refractivity contribution < 1.29 is 19.4 Å². The summed E-state index contributed by atoms with van der Waals surface area (Å²) in [6.07, 6.45) is 3.07. The number of amides is 1. The molecule has 0 atom stereocenters. The van der Waals surface area contributed by atoms with E-state index in [9.17, 15) is 4.79 Å². The monoisotopic (exact) mass is 243 g/mol. The number of aliphatic hydroxyl groups excluding tert-OH is 1. The van der Waals surface area contributed by atoms with Gasteiger partial charge in [0.2, 0.25) is 5.76 Å². The van der Waals surface area contributed by atoms with Crippen LogP contribution < -0.4 is 0 Å². The van der Waals surface area contributed by atoms with E-state index in [1.165, 1.54) is 6.26 Å². The molecule has 0 saturated carbocycles. The molecule has 0 bridgehead atoms. The van der Waals surface area contributed by atoms with Gasteiger partial charge in [0, 0.05) is 12.6 Å². The molecule has 0 aromatic rings. The van der Waals surface area contributed by atoms with Gasteiger partial charge in [-0.1, -0.05) is 13.8 Å². The molecule has 0 saturated heterocycles. The smallest absolute Gasteiger partial charge is 0.292 e. The van der Waals surface area contributed by atoms with Crippen molar-refractivity contribution in [3.05, 3.63) is 12.0 Å². The second kappa shape index (κ2) is 7.17. The zero-order chi connectivity index (χ0) is 12.7. The molecule has 0 unspecified atom stereocenters. The summed E-state index contributed by atoms with van der Waals surface area (Å²) in [6, 6.07) is 0.126. The van der Waals surface area contributed by atoms with Gasteiger partial charge >= 0.3 is 0 Å². The highest BCUT2D eigenvalue weighted by molar-refractivity contribution is 5.91. The predicted octanol–water partition coefficient (Wildman–Crippen LogP) is 0.884. The lowest BCUT2D eigenvalue weighted by Crippen LogP contribution is -2.43. The Kier molecular flexibility index (Phi) is 5.83. The highest BCUT2D eigenvalue weighted by Gasteiger charge is 2.26. The zero-order valence-corrected chi connectivity index (χ0v) is 10.5. The number of hydrogen-bond acceptors (Lipinski definition) is 4. The van der Waals surface area contributed by atoms with Gasteiger partial charge in [-0.25, -0.2) is 0 Å². The van der Waals surface area contributed by atoms with Crippen LogP contribution in [0.5, 0.6) is 0 Å². The van der Waals surface area contributed by atoms with Crippen LogP contribution in [-0.2, 0) is 14.3 Å². The SMILES string of the molecule is CCC(CC)N(CCO)C(=O)C1=COCCO1. The van der Waals surface area contributed by atoms with E-state index in [4.69, 9.17) is 14.6 Å². The molecule has 0 spiro atoms. The maximum absolute atomic E-state index is 12.2. The third kappa shape index (κ3) is 3.63. The van der Waals surface area contributed by atoms with E-state index < -0.39 is 0 Å². The first-order valence-corrected chi connectivity index (χ1v) is 6.10. The number of aliphatic hydroxyl groups is 1. The average Bonchev–Trinajstić information content (AvgIpc) is 2.39. The Morgan fingerprint density at radius 2 is 2.18 bits per heavy atom. The summed E-state index contributed by atoms with van der Waals surface area (Å²) in [4.78, 5) is 13.8. The van der Waals surface area contributed by atoms with Crippen LogP contribution in [-0.4, -0.2) is 48.3 Å². The van der Waals surface area contributed by atoms with Gasteiger partial charge in [-0.15, -0.1) is 0 Å². The predicted molar refractivity (Wildman–Crippen MR) is 63.2 cm³/mol. The number of carbonyl (C=O) groups is 1. The largest absolute Gasteiger partial charge is 0.494 e. The van der Waals surface area contributed by atoms with Crippen molar-refractivity contribution >= 4 is 5.91 Å². The van der Waals surface area contributed by atoms with Crippen molar-refractivity contribution in [2.45, 2.75) is 32.7 Å². The lowest BCUT2D eigenvalue weighted by atomic mass is 10.1. The fourth-order valence-corrected chi connectivity index (χ4v) is 1.91. The van der Waals surface area contributed by atoms with E-state index in [0.717, 1.165) is 12.8 Å². The van der Waals surface area contributed by atoms with Crippen LogP contribution in [0.15, 0.2) is 12.0 Å². The molecule has 17 heavy (non-hydrogen) atoms. The van der Waals surface area contributed by atoms with Gasteiger partial charge in [0.25, 0.3) is 5.91 Å². The number of hydrogen-bond donors (Lipinski definition) is 1. The van der Waals surface area contributed by atoms with Gasteiger partial charge in [0.15, 0.2) is 0 Å². The molecule has 5 heteroatoms. The Morgan fingerprint density at radius 1 is 1.47 bits per heavy atom. The second-order valence-electron chi connectivity index (χ2n) is 3.89. The molecular weight excluding hydrogens is 222 g/mol. The summed E-state index contributed by atoms with van der Waals surface area (Å²) in [5, 5.41) is 9.04. The first kappa shape index (κ1) is 13.8. The van der Waals surface area contributed by atoms with E-state index in [2.05, 4.69) is 0 Å². The van der Waals surface area contributed by atoms with Crippen molar-refractivity contribution in [3.63, 3.8) is 0 Å². The van der Waals surface area contributed by atoms with E-state index in [0.29, 0.717) is 19.8 Å².